The Morgan fingerprint density at radius 1 is 1.30 bits per heavy atom. The number of halogens is 2. The van der Waals surface area contributed by atoms with E-state index in [4.69, 9.17) is 4.42 Å². The largest absolute Gasteiger partial charge is 0.459 e. The lowest BCUT2D eigenvalue weighted by Gasteiger charge is -2.10. The van der Waals surface area contributed by atoms with E-state index in [1.165, 1.54) is 12.1 Å². The SMILES string of the molecule is CN=C(NCc1nc(C(C)C)cs1)NCc1oc2ccc(F)cc2c1C.I. The fourth-order valence-electron chi connectivity index (χ4n) is 2.63. The van der Waals surface area contributed by atoms with Gasteiger partial charge >= 0.3 is 0 Å². The molecular weight excluding hydrogens is 478 g/mol. The molecule has 0 unspecified atom stereocenters. The van der Waals surface area contributed by atoms with Crippen molar-refractivity contribution < 1.29 is 8.81 Å². The Hall–Kier alpha value is -1.68. The Kier molecular flexibility index (Phi) is 7.60. The van der Waals surface area contributed by atoms with Crippen LogP contribution in [0.1, 0.15) is 41.8 Å². The molecule has 146 valence electrons. The molecule has 0 spiro atoms. The van der Waals surface area contributed by atoms with Crippen LogP contribution >= 0.6 is 35.3 Å². The Morgan fingerprint density at radius 3 is 2.70 bits per heavy atom. The van der Waals surface area contributed by atoms with Gasteiger partial charge < -0.3 is 15.1 Å². The predicted molar refractivity (Wildman–Crippen MR) is 120 cm³/mol. The number of hydrogen-bond donors (Lipinski definition) is 2. The van der Waals surface area contributed by atoms with Crippen molar-refractivity contribution in [1.29, 1.82) is 0 Å². The molecule has 0 aliphatic carbocycles. The molecule has 2 aromatic heterocycles. The highest BCUT2D eigenvalue weighted by Crippen LogP contribution is 2.25. The molecule has 0 bridgehead atoms. The number of nitrogens with one attached hydrogen (secondary N) is 2. The minimum Gasteiger partial charge on any atom is -0.459 e. The van der Waals surface area contributed by atoms with Gasteiger partial charge in [-0.1, -0.05) is 13.8 Å². The summed E-state index contributed by atoms with van der Waals surface area (Å²) in [6.45, 7) is 7.28. The first kappa shape index (κ1) is 21.6. The molecule has 0 aliphatic rings. The summed E-state index contributed by atoms with van der Waals surface area (Å²) in [6, 6.07) is 4.56. The number of aryl methyl sites for hydroxylation is 1. The number of hydrogen-bond acceptors (Lipinski definition) is 4. The molecule has 3 rings (SSSR count). The fraction of sp³-hybridized carbons (Fsp3) is 0.368. The number of aliphatic imine (C=N–C) groups is 1. The Morgan fingerprint density at radius 2 is 2.04 bits per heavy atom. The molecule has 0 atom stereocenters. The van der Waals surface area contributed by atoms with Crippen LogP contribution in [-0.2, 0) is 13.1 Å². The molecule has 0 saturated heterocycles. The average Bonchev–Trinajstić information content (AvgIpc) is 3.21. The smallest absolute Gasteiger partial charge is 0.191 e. The quantitative estimate of drug-likeness (QED) is 0.295. The monoisotopic (exact) mass is 502 g/mol. The normalized spacial score (nSPS) is 11.7. The first-order valence-corrected chi connectivity index (χ1v) is 9.42. The van der Waals surface area contributed by atoms with E-state index in [-0.39, 0.29) is 29.8 Å². The van der Waals surface area contributed by atoms with Gasteiger partial charge in [-0.2, -0.15) is 0 Å². The van der Waals surface area contributed by atoms with Gasteiger partial charge in [0.15, 0.2) is 5.96 Å². The molecule has 0 aliphatic heterocycles. The van der Waals surface area contributed by atoms with E-state index < -0.39 is 0 Å². The standard InChI is InChI=1S/C19H23FN4OS.HI/c1-11(2)15-10-26-18(24-15)9-23-19(21-4)22-8-17-12(3)14-7-13(20)5-6-16(14)25-17;/h5-7,10-11H,8-9H2,1-4H3,(H2,21,22,23);1H. The second-order valence-electron chi connectivity index (χ2n) is 6.39. The molecule has 8 heteroatoms. The van der Waals surface area contributed by atoms with Crippen LogP contribution in [0.5, 0.6) is 0 Å². The van der Waals surface area contributed by atoms with Gasteiger partial charge in [-0.05, 0) is 31.0 Å². The van der Waals surface area contributed by atoms with E-state index in [0.717, 1.165) is 27.4 Å². The third kappa shape index (κ3) is 5.19. The summed E-state index contributed by atoms with van der Waals surface area (Å²) in [4.78, 5) is 8.83. The van der Waals surface area contributed by atoms with Crippen LogP contribution in [0.15, 0.2) is 33.0 Å². The summed E-state index contributed by atoms with van der Waals surface area (Å²) in [5.41, 5.74) is 2.73. The van der Waals surface area contributed by atoms with Gasteiger partial charge in [0, 0.05) is 23.4 Å². The minimum absolute atomic E-state index is 0. The Balaban J connectivity index is 0.00000261. The number of guanidine groups is 1. The molecule has 2 N–H and O–H groups in total. The van der Waals surface area contributed by atoms with Crippen LogP contribution in [-0.4, -0.2) is 18.0 Å². The highest BCUT2D eigenvalue weighted by molar-refractivity contribution is 14.0. The van der Waals surface area contributed by atoms with Gasteiger partial charge in [0.1, 0.15) is 22.2 Å². The third-order valence-corrected chi connectivity index (χ3v) is 5.07. The summed E-state index contributed by atoms with van der Waals surface area (Å²) < 4.78 is 19.2. The Labute approximate surface area is 179 Å². The van der Waals surface area contributed by atoms with Crippen LogP contribution in [0.2, 0.25) is 0 Å². The number of nitrogens with zero attached hydrogens (tertiary/aromatic N) is 2. The van der Waals surface area contributed by atoms with Crippen LogP contribution in [0.25, 0.3) is 11.0 Å². The van der Waals surface area contributed by atoms with Gasteiger partial charge in [-0.3, -0.25) is 4.99 Å². The van der Waals surface area contributed by atoms with E-state index in [9.17, 15) is 4.39 Å². The maximum atomic E-state index is 13.4. The zero-order valence-electron chi connectivity index (χ0n) is 15.8. The van der Waals surface area contributed by atoms with Crippen molar-refractivity contribution in [2.24, 2.45) is 4.99 Å². The molecule has 0 fully saturated rings. The Bertz CT molecular complexity index is 935. The molecule has 0 amide bonds. The van der Waals surface area contributed by atoms with Crippen LogP contribution in [0, 0.1) is 12.7 Å². The van der Waals surface area contributed by atoms with Crippen LogP contribution in [0.3, 0.4) is 0 Å². The molecular formula is C19H24FIN4OS. The minimum atomic E-state index is -0.261. The van der Waals surface area contributed by atoms with E-state index in [2.05, 4.69) is 39.8 Å². The van der Waals surface area contributed by atoms with Crippen molar-refractivity contribution in [1.82, 2.24) is 15.6 Å². The number of furan rings is 1. The second kappa shape index (κ2) is 9.50. The molecule has 1 aromatic carbocycles. The second-order valence-corrected chi connectivity index (χ2v) is 7.33. The lowest BCUT2D eigenvalue weighted by atomic mass is 10.1. The van der Waals surface area contributed by atoms with Gasteiger partial charge in [-0.25, -0.2) is 9.37 Å². The van der Waals surface area contributed by atoms with Crippen molar-refractivity contribution >= 4 is 52.2 Å². The number of aromatic nitrogens is 1. The maximum Gasteiger partial charge on any atom is 0.191 e. The van der Waals surface area contributed by atoms with Gasteiger partial charge in [0.2, 0.25) is 0 Å². The predicted octanol–water partition coefficient (Wildman–Crippen LogP) is 4.94. The van der Waals surface area contributed by atoms with Crippen molar-refractivity contribution in [3.8, 4) is 0 Å². The molecule has 0 saturated carbocycles. The first-order chi connectivity index (χ1) is 12.5. The van der Waals surface area contributed by atoms with Crippen LogP contribution < -0.4 is 10.6 Å². The van der Waals surface area contributed by atoms with Crippen molar-refractivity contribution in [3.05, 3.63) is 51.4 Å². The molecule has 27 heavy (non-hydrogen) atoms. The van der Waals surface area contributed by atoms with E-state index >= 15 is 0 Å². The van der Waals surface area contributed by atoms with Gasteiger partial charge in [0.05, 0.1) is 18.8 Å². The molecule has 5 nitrogen and oxygen atoms in total. The lowest BCUT2D eigenvalue weighted by Crippen LogP contribution is -2.36. The van der Waals surface area contributed by atoms with E-state index in [1.807, 2.05) is 6.92 Å². The zero-order valence-corrected chi connectivity index (χ0v) is 18.9. The highest BCUT2D eigenvalue weighted by Gasteiger charge is 2.12. The summed E-state index contributed by atoms with van der Waals surface area (Å²) in [5, 5.41) is 10.4. The molecule has 2 heterocycles. The first-order valence-electron chi connectivity index (χ1n) is 8.54. The molecule has 3 aromatic rings. The van der Waals surface area contributed by atoms with E-state index in [1.54, 1.807) is 24.5 Å². The number of fused-ring (bicyclic) bond motifs is 1. The van der Waals surface area contributed by atoms with Gasteiger partial charge in [-0.15, -0.1) is 35.3 Å². The van der Waals surface area contributed by atoms with Crippen LogP contribution in [0.4, 0.5) is 4.39 Å². The van der Waals surface area contributed by atoms with Crippen molar-refractivity contribution in [3.63, 3.8) is 0 Å². The third-order valence-electron chi connectivity index (χ3n) is 4.21. The van der Waals surface area contributed by atoms with Crippen molar-refractivity contribution in [2.45, 2.75) is 39.8 Å². The zero-order chi connectivity index (χ0) is 18.7. The summed E-state index contributed by atoms with van der Waals surface area (Å²) >= 11 is 1.64. The van der Waals surface area contributed by atoms with Crippen molar-refractivity contribution in [2.75, 3.05) is 7.05 Å². The number of rotatable bonds is 5. The summed E-state index contributed by atoms with van der Waals surface area (Å²) in [7, 11) is 1.72. The number of thiazole rings is 1. The average molecular weight is 502 g/mol. The van der Waals surface area contributed by atoms with E-state index in [0.29, 0.717) is 30.5 Å². The maximum absolute atomic E-state index is 13.4. The number of benzene rings is 1. The summed E-state index contributed by atoms with van der Waals surface area (Å²) in [6.07, 6.45) is 0. The molecule has 0 radical (unpaired) electrons. The lowest BCUT2D eigenvalue weighted by molar-refractivity contribution is 0.534. The summed E-state index contributed by atoms with van der Waals surface area (Å²) in [5.74, 6) is 1.60. The van der Waals surface area contributed by atoms with Gasteiger partial charge in [0.25, 0.3) is 0 Å². The fourth-order valence-corrected chi connectivity index (χ4v) is 3.52. The topological polar surface area (TPSA) is 62.5 Å². The highest BCUT2D eigenvalue weighted by atomic mass is 127.